The van der Waals surface area contributed by atoms with Gasteiger partial charge >= 0.3 is 0 Å². The number of imidazole rings is 1. The van der Waals surface area contributed by atoms with Gasteiger partial charge in [0.15, 0.2) is 0 Å². The summed E-state index contributed by atoms with van der Waals surface area (Å²) in [6, 6.07) is 23.6. The van der Waals surface area contributed by atoms with E-state index in [0.717, 1.165) is 32.8 Å². The van der Waals surface area contributed by atoms with Crippen molar-refractivity contribution in [1.29, 1.82) is 0 Å². The zero-order valence-electron chi connectivity index (χ0n) is 12.2. The first-order valence-corrected chi connectivity index (χ1v) is 7.55. The van der Waals surface area contributed by atoms with Crippen molar-refractivity contribution in [2.24, 2.45) is 0 Å². The summed E-state index contributed by atoms with van der Waals surface area (Å²) in [5.41, 5.74) is 2.68. The number of nitrogens with zero attached hydrogens (tertiary/aromatic N) is 2. The fourth-order valence-electron chi connectivity index (χ4n) is 3.35. The monoisotopic (exact) mass is 296 g/mol. The average Bonchev–Trinajstić information content (AvgIpc) is 3.01. The third-order valence-electron chi connectivity index (χ3n) is 4.36. The Bertz CT molecular complexity index is 1220. The average molecular weight is 296 g/mol. The molecule has 0 spiro atoms. The van der Waals surface area contributed by atoms with Crippen LogP contribution in [0.4, 0.5) is 0 Å². The number of rotatable bonds is 1. The minimum absolute atomic E-state index is 0.0133. The molecule has 0 amide bonds. The highest BCUT2D eigenvalue weighted by atomic mass is 16.1. The Morgan fingerprint density at radius 3 is 2.22 bits per heavy atom. The molecule has 0 aliphatic carbocycles. The van der Waals surface area contributed by atoms with Crippen LogP contribution in [0.2, 0.25) is 0 Å². The summed E-state index contributed by atoms with van der Waals surface area (Å²) in [5, 5.41) is 2.77. The maximum Gasteiger partial charge on any atom is 0.264 e. The van der Waals surface area contributed by atoms with Crippen LogP contribution in [0, 0.1) is 0 Å². The van der Waals surface area contributed by atoms with Gasteiger partial charge in [-0.3, -0.25) is 9.20 Å². The Morgan fingerprint density at radius 1 is 0.696 bits per heavy atom. The minimum Gasteiger partial charge on any atom is -0.268 e. The topological polar surface area (TPSA) is 34.4 Å². The van der Waals surface area contributed by atoms with Gasteiger partial charge in [0.1, 0.15) is 5.82 Å². The van der Waals surface area contributed by atoms with E-state index in [2.05, 4.69) is 6.07 Å². The molecule has 23 heavy (non-hydrogen) atoms. The van der Waals surface area contributed by atoms with Crippen molar-refractivity contribution in [2.75, 3.05) is 0 Å². The highest BCUT2D eigenvalue weighted by Gasteiger charge is 2.17. The van der Waals surface area contributed by atoms with E-state index >= 15 is 0 Å². The lowest BCUT2D eigenvalue weighted by Gasteiger charge is -2.06. The predicted molar refractivity (Wildman–Crippen MR) is 93.1 cm³/mol. The van der Waals surface area contributed by atoms with Crippen LogP contribution in [-0.2, 0) is 0 Å². The fraction of sp³-hybridized carbons (Fsp3) is 0. The van der Waals surface area contributed by atoms with Gasteiger partial charge in [0.2, 0.25) is 0 Å². The standard InChI is InChI=1S/C20H12N2O/c23-20-16-10-5-4-9-14(16)15-11-6-12-17-18(15)22(20)19(21-17)13-7-2-1-3-8-13/h1-12H. The van der Waals surface area contributed by atoms with Gasteiger partial charge in [0, 0.05) is 16.3 Å². The van der Waals surface area contributed by atoms with Gasteiger partial charge in [0.25, 0.3) is 5.56 Å². The zero-order chi connectivity index (χ0) is 15.4. The number of benzene rings is 3. The quantitative estimate of drug-likeness (QED) is 0.436. The van der Waals surface area contributed by atoms with Crippen molar-refractivity contribution in [2.45, 2.75) is 0 Å². The van der Waals surface area contributed by atoms with E-state index in [4.69, 9.17) is 4.98 Å². The summed E-state index contributed by atoms with van der Waals surface area (Å²) in [5.74, 6) is 0.701. The van der Waals surface area contributed by atoms with Crippen LogP contribution < -0.4 is 5.56 Å². The number of hydrogen-bond donors (Lipinski definition) is 0. The lowest BCUT2D eigenvalue weighted by atomic mass is 10.1. The lowest BCUT2D eigenvalue weighted by Crippen LogP contribution is -2.14. The second-order valence-electron chi connectivity index (χ2n) is 5.66. The molecule has 0 aliphatic rings. The molecule has 0 bridgehead atoms. The molecule has 108 valence electrons. The molecule has 2 heterocycles. The molecule has 3 heteroatoms. The Hall–Kier alpha value is -3.20. The van der Waals surface area contributed by atoms with E-state index in [-0.39, 0.29) is 5.56 Å². The van der Waals surface area contributed by atoms with E-state index < -0.39 is 0 Å². The molecule has 3 aromatic carbocycles. The first kappa shape index (κ1) is 12.4. The third kappa shape index (κ3) is 1.59. The SMILES string of the molecule is O=c1c2ccccc2c2cccc3nc(-c4ccccc4)n1c32. The van der Waals surface area contributed by atoms with Crippen LogP contribution >= 0.6 is 0 Å². The molecule has 0 saturated carbocycles. The van der Waals surface area contributed by atoms with Crippen LogP contribution in [0.5, 0.6) is 0 Å². The smallest absolute Gasteiger partial charge is 0.264 e. The first-order valence-electron chi connectivity index (χ1n) is 7.55. The van der Waals surface area contributed by atoms with E-state index in [9.17, 15) is 4.79 Å². The maximum atomic E-state index is 13.1. The summed E-state index contributed by atoms with van der Waals surface area (Å²) in [6.07, 6.45) is 0. The van der Waals surface area contributed by atoms with Crippen LogP contribution in [0.1, 0.15) is 0 Å². The first-order chi connectivity index (χ1) is 11.3. The molecule has 0 fully saturated rings. The van der Waals surface area contributed by atoms with Crippen molar-refractivity contribution < 1.29 is 0 Å². The van der Waals surface area contributed by atoms with Crippen LogP contribution in [0.15, 0.2) is 77.6 Å². The number of aromatic nitrogens is 2. The molecular weight excluding hydrogens is 284 g/mol. The van der Waals surface area contributed by atoms with Crippen molar-refractivity contribution in [1.82, 2.24) is 9.38 Å². The van der Waals surface area contributed by atoms with E-state index in [0.29, 0.717) is 5.82 Å². The summed E-state index contributed by atoms with van der Waals surface area (Å²) < 4.78 is 1.75. The van der Waals surface area contributed by atoms with Gasteiger partial charge in [0.05, 0.1) is 11.0 Å². The molecule has 0 unspecified atom stereocenters. The van der Waals surface area contributed by atoms with E-state index in [1.54, 1.807) is 4.40 Å². The van der Waals surface area contributed by atoms with Gasteiger partial charge < -0.3 is 0 Å². The molecule has 0 N–H and O–H groups in total. The van der Waals surface area contributed by atoms with Crippen molar-refractivity contribution in [3.63, 3.8) is 0 Å². The van der Waals surface area contributed by atoms with Crippen molar-refractivity contribution in [3.05, 3.63) is 83.2 Å². The van der Waals surface area contributed by atoms with E-state index in [1.165, 1.54) is 0 Å². The summed E-state index contributed by atoms with van der Waals surface area (Å²) in [6.45, 7) is 0. The largest absolute Gasteiger partial charge is 0.268 e. The molecule has 5 rings (SSSR count). The molecule has 0 atom stereocenters. The summed E-state index contributed by atoms with van der Waals surface area (Å²) >= 11 is 0. The van der Waals surface area contributed by atoms with E-state index in [1.807, 2.05) is 66.7 Å². The maximum absolute atomic E-state index is 13.1. The molecule has 0 saturated heterocycles. The number of fused-ring (bicyclic) bond motifs is 2. The van der Waals surface area contributed by atoms with Gasteiger partial charge in [-0.15, -0.1) is 0 Å². The van der Waals surface area contributed by atoms with Gasteiger partial charge in [-0.2, -0.15) is 0 Å². The summed E-state index contributed by atoms with van der Waals surface area (Å²) in [7, 11) is 0. The Morgan fingerprint density at radius 2 is 1.39 bits per heavy atom. The van der Waals surface area contributed by atoms with Crippen LogP contribution in [0.25, 0.3) is 38.6 Å². The van der Waals surface area contributed by atoms with Gasteiger partial charge in [-0.1, -0.05) is 60.7 Å². The highest BCUT2D eigenvalue weighted by Crippen LogP contribution is 2.30. The zero-order valence-corrected chi connectivity index (χ0v) is 12.2. The lowest BCUT2D eigenvalue weighted by molar-refractivity contribution is 1.13. The Balaban J connectivity index is 2.10. The van der Waals surface area contributed by atoms with Crippen LogP contribution in [-0.4, -0.2) is 9.38 Å². The number of hydrogen-bond acceptors (Lipinski definition) is 2. The van der Waals surface area contributed by atoms with Crippen LogP contribution in [0.3, 0.4) is 0 Å². The molecule has 3 nitrogen and oxygen atoms in total. The van der Waals surface area contributed by atoms with Gasteiger partial charge in [-0.25, -0.2) is 4.98 Å². The minimum atomic E-state index is -0.0133. The third-order valence-corrected chi connectivity index (χ3v) is 4.36. The van der Waals surface area contributed by atoms with Crippen molar-refractivity contribution >= 4 is 27.2 Å². The van der Waals surface area contributed by atoms with Crippen molar-refractivity contribution in [3.8, 4) is 11.4 Å². The number of para-hydroxylation sites is 1. The summed E-state index contributed by atoms with van der Waals surface area (Å²) in [4.78, 5) is 17.8. The predicted octanol–water partition coefficient (Wildman–Crippen LogP) is 4.11. The second-order valence-corrected chi connectivity index (χ2v) is 5.66. The fourth-order valence-corrected chi connectivity index (χ4v) is 3.35. The molecule has 0 aliphatic heterocycles. The molecule has 5 aromatic rings. The Kier molecular flexibility index (Phi) is 2.36. The molecule has 0 radical (unpaired) electrons. The molecular formula is C20H12N2O. The normalized spacial score (nSPS) is 11.7. The second kappa shape index (κ2) is 4.40. The van der Waals surface area contributed by atoms with Gasteiger partial charge in [-0.05, 0) is 17.5 Å². The highest BCUT2D eigenvalue weighted by molar-refractivity contribution is 6.11. The molecule has 2 aromatic heterocycles. The Labute approximate surface area is 131 Å². The number of pyridine rings is 1.